The van der Waals surface area contributed by atoms with Crippen molar-refractivity contribution >= 4 is 41.3 Å². The fourth-order valence-electron chi connectivity index (χ4n) is 2.21. The number of hydrogen-bond donors (Lipinski definition) is 4. The fraction of sp³-hybridized carbons (Fsp3) is 0.389. The number of halogens is 1. The largest absolute Gasteiger partial charge is 0.350 e. The summed E-state index contributed by atoms with van der Waals surface area (Å²) < 4.78 is 0. The number of hydrogen-bond acceptors (Lipinski definition) is 5. The molecule has 0 saturated heterocycles. The van der Waals surface area contributed by atoms with Crippen molar-refractivity contribution in [2.75, 3.05) is 0 Å². The zero-order chi connectivity index (χ0) is 20.4. The van der Waals surface area contributed by atoms with Gasteiger partial charge in [0, 0.05) is 24.9 Å². The normalized spacial score (nSPS) is 12.4. The van der Waals surface area contributed by atoms with Crippen molar-refractivity contribution in [2.45, 2.75) is 45.3 Å². The predicted octanol–water partition coefficient (Wildman–Crippen LogP) is 0.964. The van der Waals surface area contributed by atoms with Crippen molar-refractivity contribution in [1.82, 2.24) is 16.0 Å². The van der Waals surface area contributed by atoms with Crippen molar-refractivity contribution in [2.24, 2.45) is 0 Å². The molecule has 2 atom stereocenters. The summed E-state index contributed by atoms with van der Waals surface area (Å²) in [4.78, 5) is 47.1. The Morgan fingerprint density at radius 1 is 1.11 bits per heavy atom. The predicted molar refractivity (Wildman–Crippen MR) is 102 cm³/mol. The summed E-state index contributed by atoms with van der Waals surface area (Å²) in [6.07, 6.45) is 0.654. The van der Waals surface area contributed by atoms with Gasteiger partial charge in [0.15, 0.2) is 5.78 Å². The molecule has 0 aromatic heterocycles. The molecule has 0 heterocycles. The van der Waals surface area contributed by atoms with E-state index in [0.717, 1.165) is 5.56 Å². The van der Waals surface area contributed by atoms with E-state index in [9.17, 15) is 19.2 Å². The number of Topliss-reactive ketones (excluding diaryl/α,β-unsaturated/α-hetero) is 1. The molecular formula is C18H23ClN4O4. The third kappa shape index (κ3) is 8.46. The van der Waals surface area contributed by atoms with E-state index in [2.05, 4.69) is 16.0 Å². The summed E-state index contributed by atoms with van der Waals surface area (Å²) in [5, 5.41) is 15.2. The van der Waals surface area contributed by atoms with Crippen LogP contribution in [-0.4, -0.2) is 41.8 Å². The quantitative estimate of drug-likeness (QED) is 0.440. The van der Waals surface area contributed by atoms with Crippen LogP contribution in [0.1, 0.15) is 32.3 Å². The van der Waals surface area contributed by atoms with E-state index in [1.165, 1.54) is 13.8 Å². The molecular weight excluding hydrogens is 372 g/mol. The molecule has 1 aromatic rings. The van der Waals surface area contributed by atoms with Crippen molar-refractivity contribution in [3.8, 4) is 0 Å². The van der Waals surface area contributed by atoms with E-state index in [1.54, 1.807) is 24.3 Å². The SMILES string of the molecule is CC(=O)N[C@@H](C)C(=O)N[C@@H](CCC(=O)C=N)C(=O)NCc1ccc(Cl)cc1. The Hall–Kier alpha value is -2.74. The van der Waals surface area contributed by atoms with Crippen LogP contribution in [0.25, 0.3) is 0 Å². The first-order valence-corrected chi connectivity index (χ1v) is 8.73. The number of amides is 3. The van der Waals surface area contributed by atoms with Gasteiger partial charge in [-0.2, -0.15) is 0 Å². The third-order valence-corrected chi connectivity index (χ3v) is 3.92. The molecule has 1 rings (SSSR count). The first-order valence-electron chi connectivity index (χ1n) is 8.36. The molecule has 27 heavy (non-hydrogen) atoms. The molecule has 3 amide bonds. The minimum Gasteiger partial charge on any atom is -0.350 e. The standard InChI is InChI=1S/C18H23ClN4O4/c1-11(22-12(2)24)17(26)23-16(8-7-15(25)9-20)18(27)21-10-13-3-5-14(19)6-4-13/h3-6,9,11,16,20H,7-8,10H2,1-2H3,(H,21,27)(H,22,24)(H,23,26)/t11-,16-/m0/s1. The smallest absolute Gasteiger partial charge is 0.242 e. The van der Waals surface area contributed by atoms with Crippen molar-refractivity contribution in [1.29, 1.82) is 5.41 Å². The fourth-order valence-corrected chi connectivity index (χ4v) is 2.34. The van der Waals surface area contributed by atoms with Crippen LogP contribution < -0.4 is 16.0 Å². The Morgan fingerprint density at radius 2 is 1.74 bits per heavy atom. The third-order valence-electron chi connectivity index (χ3n) is 3.67. The number of rotatable bonds is 10. The van der Waals surface area contributed by atoms with Crippen LogP contribution in [0.3, 0.4) is 0 Å². The maximum atomic E-state index is 12.5. The van der Waals surface area contributed by atoms with E-state index in [-0.39, 0.29) is 25.3 Å². The van der Waals surface area contributed by atoms with Crippen LogP contribution in [-0.2, 0) is 25.7 Å². The molecule has 9 heteroatoms. The number of carbonyl (C=O) groups is 4. The Morgan fingerprint density at radius 3 is 2.30 bits per heavy atom. The Bertz CT molecular complexity index is 706. The molecule has 0 aliphatic rings. The van der Waals surface area contributed by atoms with Crippen LogP contribution in [0.5, 0.6) is 0 Å². The zero-order valence-corrected chi connectivity index (χ0v) is 15.9. The van der Waals surface area contributed by atoms with E-state index in [0.29, 0.717) is 11.2 Å². The van der Waals surface area contributed by atoms with E-state index in [1.807, 2.05) is 0 Å². The Kier molecular flexibility index (Phi) is 9.15. The van der Waals surface area contributed by atoms with Crippen LogP contribution >= 0.6 is 11.6 Å². The maximum absolute atomic E-state index is 12.5. The molecule has 1 aromatic carbocycles. The van der Waals surface area contributed by atoms with Gasteiger partial charge in [0.25, 0.3) is 0 Å². The second kappa shape index (κ2) is 11.1. The highest BCUT2D eigenvalue weighted by atomic mass is 35.5. The topological polar surface area (TPSA) is 128 Å². The van der Waals surface area contributed by atoms with Gasteiger partial charge in [-0.1, -0.05) is 23.7 Å². The highest BCUT2D eigenvalue weighted by Gasteiger charge is 2.24. The monoisotopic (exact) mass is 394 g/mol. The van der Waals surface area contributed by atoms with Gasteiger partial charge >= 0.3 is 0 Å². The molecule has 0 aliphatic heterocycles. The highest BCUT2D eigenvalue weighted by Crippen LogP contribution is 2.09. The van der Waals surface area contributed by atoms with E-state index < -0.39 is 29.7 Å². The lowest BCUT2D eigenvalue weighted by atomic mass is 10.1. The van der Waals surface area contributed by atoms with Gasteiger partial charge in [-0.25, -0.2) is 0 Å². The molecule has 0 spiro atoms. The van der Waals surface area contributed by atoms with Gasteiger partial charge in [-0.3, -0.25) is 19.2 Å². The lowest BCUT2D eigenvalue weighted by Crippen LogP contribution is -2.52. The van der Waals surface area contributed by atoms with Crippen LogP contribution in [0.4, 0.5) is 0 Å². The first kappa shape index (κ1) is 22.3. The van der Waals surface area contributed by atoms with Crippen LogP contribution in [0.15, 0.2) is 24.3 Å². The molecule has 0 radical (unpaired) electrons. The summed E-state index contributed by atoms with van der Waals surface area (Å²) in [6.45, 7) is 2.99. The van der Waals surface area contributed by atoms with Crippen LogP contribution in [0, 0.1) is 5.41 Å². The molecule has 0 aliphatic carbocycles. The molecule has 146 valence electrons. The van der Waals surface area contributed by atoms with Crippen molar-refractivity contribution < 1.29 is 19.2 Å². The number of nitrogens with one attached hydrogen (secondary N) is 4. The number of benzene rings is 1. The van der Waals surface area contributed by atoms with E-state index in [4.69, 9.17) is 17.0 Å². The van der Waals surface area contributed by atoms with Gasteiger partial charge in [0.2, 0.25) is 17.7 Å². The Balaban J connectivity index is 2.73. The summed E-state index contributed by atoms with van der Waals surface area (Å²) in [7, 11) is 0. The molecule has 0 fully saturated rings. The average molecular weight is 395 g/mol. The number of carbonyl (C=O) groups excluding carboxylic acids is 4. The van der Waals surface area contributed by atoms with Crippen LogP contribution in [0.2, 0.25) is 5.02 Å². The van der Waals surface area contributed by atoms with Gasteiger partial charge in [0.05, 0.1) is 6.21 Å². The molecule has 4 N–H and O–H groups in total. The second-order valence-electron chi connectivity index (χ2n) is 5.98. The average Bonchev–Trinajstić information content (AvgIpc) is 2.63. The summed E-state index contributed by atoms with van der Waals surface area (Å²) in [5.74, 6) is -1.83. The highest BCUT2D eigenvalue weighted by molar-refractivity contribution is 6.30. The molecule has 8 nitrogen and oxygen atoms in total. The van der Waals surface area contributed by atoms with Gasteiger partial charge < -0.3 is 21.4 Å². The van der Waals surface area contributed by atoms with Gasteiger partial charge in [-0.05, 0) is 31.0 Å². The lowest BCUT2D eigenvalue weighted by molar-refractivity contribution is -0.131. The Labute approximate surface area is 162 Å². The summed E-state index contributed by atoms with van der Waals surface area (Å²) in [6, 6.07) is 5.11. The lowest BCUT2D eigenvalue weighted by Gasteiger charge is -2.20. The first-order chi connectivity index (χ1) is 12.7. The van der Waals surface area contributed by atoms with Gasteiger partial charge in [0.1, 0.15) is 12.1 Å². The summed E-state index contributed by atoms with van der Waals surface area (Å²) in [5.41, 5.74) is 0.819. The van der Waals surface area contributed by atoms with E-state index >= 15 is 0 Å². The molecule has 0 unspecified atom stereocenters. The van der Waals surface area contributed by atoms with Crippen molar-refractivity contribution in [3.63, 3.8) is 0 Å². The molecule has 0 saturated carbocycles. The second-order valence-corrected chi connectivity index (χ2v) is 6.41. The van der Waals surface area contributed by atoms with Gasteiger partial charge in [-0.15, -0.1) is 0 Å². The molecule has 0 bridgehead atoms. The summed E-state index contributed by atoms with van der Waals surface area (Å²) >= 11 is 5.82. The minimum atomic E-state index is -0.968. The van der Waals surface area contributed by atoms with Crippen molar-refractivity contribution in [3.05, 3.63) is 34.9 Å². The zero-order valence-electron chi connectivity index (χ0n) is 15.2. The maximum Gasteiger partial charge on any atom is 0.242 e. The minimum absolute atomic E-state index is 0.0409. The number of ketones is 1.